The summed E-state index contributed by atoms with van der Waals surface area (Å²) in [4.78, 5) is 11.9. The van der Waals surface area contributed by atoms with Crippen molar-refractivity contribution in [2.75, 3.05) is 26.8 Å². The third-order valence-electron chi connectivity index (χ3n) is 4.05. The predicted octanol–water partition coefficient (Wildman–Crippen LogP) is 2.08. The third kappa shape index (κ3) is 2.43. The molecular formula is C16H19NO4. The van der Waals surface area contributed by atoms with E-state index in [-0.39, 0.29) is 11.7 Å². The van der Waals surface area contributed by atoms with Crippen LogP contribution in [0.2, 0.25) is 0 Å². The molecular weight excluding hydrogens is 270 g/mol. The Morgan fingerprint density at radius 3 is 2.76 bits per heavy atom. The molecule has 2 aromatic rings. The lowest BCUT2D eigenvalue weighted by atomic mass is 10.0. The molecule has 1 saturated heterocycles. The van der Waals surface area contributed by atoms with E-state index in [1.165, 1.54) is 0 Å². The van der Waals surface area contributed by atoms with Crippen LogP contribution in [0.25, 0.3) is 11.0 Å². The fourth-order valence-corrected chi connectivity index (χ4v) is 2.70. The first-order valence-electron chi connectivity index (χ1n) is 7.06. The molecule has 5 nitrogen and oxygen atoms in total. The lowest BCUT2D eigenvalue weighted by Crippen LogP contribution is -2.33. The molecule has 0 amide bonds. The molecule has 1 fully saturated rings. The summed E-state index contributed by atoms with van der Waals surface area (Å²) in [5.41, 5.74) is 2.71. The van der Waals surface area contributed by atoms with E-state index in [2.05, 4.69) is 5.32 Å². The van der Waals surface area contributed by atoms with Crippen LogP contribution in [-0.2, 0) is 4.74 Å². The zero-order chi connectivity index (χ0) is 15.0. The summed E-state index contributed by atoms with van der Waals surface area (Å²) in [6.45, 7) is 5.94. The summed E-state index contributed by atoms with van der Waals surface area (Å²) < 4.78 is 16.7. The van der Waals surface area contributed by atoms with Gasteiger partial charge in [0.1, 0.15) is 11.3 Å². The van der Waals surface area contributed by atoms with Crippen molar-refractivity contribution in [3.05, 3.63) is 39.2 Å². The summed E-state index contributed by atoms with van der Waals surface area (Å²) in [5.74, 6) is 0.709. The number of fused-ring (bicyclic) bond motifs is 1. The van der Waals surface area contributed by atoms with Crippen LogP contribution in [0.15, 0.2) is 21.3 Å². The van der Waals surface area contributed by atoms with Crippen LogP contribution in [-0.4, -0.2) is 26.8 Å². The second kappa shape index (κ2) is 5.50. The Balaban J connectivity index is 2.21. The van der Waals surface area contributed by atoms with Gasteiger partial charge in [0.2, 0.25) is 0 Å². The van der Waals surface area contributed by atoms with Gasteiger partial charge in [-0.3, -0.25) is 0 Å². The first kappa shape index (κ1) is 14.1. The van der Waals surface area contributed by atoms with Gasteiger partial charge < -0.3 is 19.2 Å². The highest BCUT2D eigenvalue weighted by Gasteiger charge is 2.20. The van der Waals surface area contributed by atoms with Gasteiger partial charge in [-0.1, -0.05) is 0 Å². The lowest BCUT2D eigenvalue weighted by molar-refractivity contribution is 0.0276. The molecule has 5 heteroatoms. The van der Waals surface area contributed by atoms with Crippen molar-refractivity contribution < 1.29 is 13.9 Å². The lowest BCUT2D eigenvalue weighted by Gasteiger charge is -2.24. The van der Waals surface area contributed by atoms with Crippen molar-refractivity contribution in [3.63, 3.8) is 0 Å². The van der Waals surface area contributed by atoms with E-state index in [1.807, 2.05) is 19.1 Å². The van der Waals surface area contributed by atoms with Gasteiger partial charge >= 0.3 is 5.63 Å². The Morgan fingerprint density at radius 2 is 2.10 bits per heavy atom. The van der Waals surface area contributed by atoms with Gasteiger partial charge in [0.15, 0.2) is 0 Å². The predicted molar refractivity (Wildman–Crippen MR) is 80.1 cm³/mol. The van der Waals surface area contributed by atoms with Crippen LogP contribution < -0.4 is 15.7 Å². The highest BCUT2D eigenvalue weighted by atomic mass is 16.5. The Morgan fingerprint density at radius 1 is 1.29 bits per heavy atom. The fraction of sp³-hybridized carbons (Fsp3) is 0.438. The van der Waals surface area contributed by atoms with Gasteiger partial charge in [0, 0.05) is 18.7 Å². The monoisotopic (exact) mass is 289 g/mol. The average molecular weight is 289 g/mol. The third-order valence-corrected chi connectivity index (χ3v) is 4.05. The molecule has 2 heterocycles. The number of benzene rings is 1. The molecule has 0 spiro atoms. The Bertz CT molecular complexity index is 729. The van der Waals surface area contributed by atoms with Crippen molar-refractivity contribution in [3.8, 4) is 5.75 Å². The van der Waals surface area contributed by atoms with E-state index < -0.39 is 0 Å². The normalized spacial score (nSPS) is 18.9. The summed E-state index contributed by atoms with van der Waals surface area (Å²) >= 11 is 0. The van der Waals surface area contributed by atoms with E-state index in [0.29, 0.717) is 23.5 Å². The SMILES string of the molecule is COc1cc(C2CNCCO2)cc2oc(=O)c(C)c(C)c12. The second-order valence-electron chi connectivity index (χ2n) is 5.30. The topological polar surface area (TPSA) is 60.7 Å². The van der Waals surface area contributed by atoms with Crippen LogP contribution in [0.1, 0.15) is 22.8 Å². The molecule has 21 heavy (non-hydrogen) atoms. The Kier molecular flexibility index (Phi) is 3.69. The minimum Gasteiger partial charge on any atom is -0.496 e. The quantitative estimate of drug-likeness (QED) is 0.858. The number of hydrogen-bond donors (Lipinski definition) is 1. The van der Waals surface area contributed by atoms with Crippen LogP contribution in [0.5, 0.6) is 5.75 Å². The zero-order valence-electron chi connectivity index (χ0n) is 12.5. The summed E-state index contributed by atoms with van der Waals surface area (Å²) in [7, 11) is 1.62. The molecule has 1 aromatic heterocycles. The molecule has 0 radical (unpaired) electrons. The standard InChI is InChI=1S/C16H19NO4/c1-9-10(2)16(18)21-13-7-11(6-12(19-3)15(9)13)14-8-17-4-5-20-14/h6-7,14,17H,4-5,8H2,1-3H3. The first-order valence-corrected chi connectivity index (χ1v) is 7.06. The van der Waals surface area contributed by atoms with E-state index in [0.717, 1.165) is 29.6 Å². The maximum atomic E-state index is 11.9. The van der Waals surface area contributed by atoms with E-state index in [4.69, 9.17) is 13.9 Å². The number of nitrogens with one attached hydrogen (secondary N) is 1. The van der Waals surface area contributed by atoms with Gasteiger partial charge in [0.05, 0.1) is 25.2 Å². The van der Waals surface area contributed by atoms with E-state index >= 15 is 0 Å². The number of methoxy groups -OCH3 is 1. The van der Waals surface area contributed by atoms with Crippen molar-refractivity contribution in [1.29, 1.82) is 0 Å². The Labute approximate surface area is 122 Å². The van der Waals surface area contributed by atoms with Crippen molar-refractivity contribution in [1.82, 2.24) is 5.32 Å². The van der Waals surface area contributed by atoms with Crippen LogP contribution >= 0.6 is 0 Å². The molecule has 1 unspecified atom stereocenters. The molecule has 112 valence electrons. The Hall–Kier alpha value is -1.85. The van der Waals surface area contributed by atoms with Crippen molar-refractivity contribution in [2.45, 2.75) is 20.0 Å². The highest BCUT2D eigenvalue weighted by Crippen LogP contribution is 2.33. The number of morpholine rings is 1. The minimum absolute atomic E-state index is 0.0519. The van der Waals surface area contributed by atoms with Gasteiger partial charge in [-0.05, 0) is 37.1 Å². The fourth-order valence-electron chi connectivity index (χ4n) is 2.70. The smallest absolute Gasteiger partial charge is 0.339 e. The molecule has 1 atom stereocenters. The van der Waals surface area contributed by atoms with Gasteiger partial charge in [-0.2, -0.15) is 0 Å². The van der Waals surface area contributed by atoms with Gasteiger partial charge in [0.25, 0.3) is 0 Å². The van der Waals surface area contributed by atoms with Crippen molar-refractivity contribution in [2.24, 2.45) is 0 Å². The molecule has 0 bridgehead atoms. The molecule has 0 aliphatic carbocycles. The number of ether oxygens (including phenoxy) is 2. The zero-order valence-corrected chi connectivity index (χ0v) is 12.5. The van der Waals surface area contributed by atoms with Crippen LogP contribution in [0.4, 0.5) is 0 Å². The molecule has 3 rings (SSSR count). The molecule has 0 saturated carbocycles. The van der Waals surface area contributed by atoms with Crippen LogP contribution in [0, 0.1) is 13.8 Å². The highest BCUT2D eigenvalue weighted by molar-refractivity contribution is 5.88. The average Bonchev–Trinajstić information content (AvgIpc) is 2.52. The van der Waals surface area contributed by atoms with Gasteiger partial charge in [-0.15, -0.1) is 0 Å². The number of aryl methyl sites for hydroxylation is 1. The van der Waals surface area contributed by atoms with E-state index in [9.17, 15) is 4.79 Å². The summed E-state index contributed by atoms with van der Waals surface area (Å²) in [5, 5.41) is 4.14. The second-order valence-corrected chi connectivity index (χ2v) is 5.30. The molecule has 1 aliphatic heterocycles. The van der Waals surface area contributed by atoms with Gasteiger partial charge in [-0.25, -0.2) is 4.79 Å². The summed E-state index contributed by atoms with van der Waals surface area (Å²) in [6.07, 6.45) is -0.0519. The number of hydrogen-bond acceptors (Lipinski definition) is 5. The summed E-state index contributed by atoms with van der Waals surface area (Å²) in [6, 6.07) is 3.84. The largest absolute Gasteiger partial charge is 0.496 e. The molecule has 1 N–H and O–H groups in total. The molecule has 1 aliphatic rings. The van der Waals surface area contributed by atoms with E-state index in [1.54, 1.807) is 14.0 Å². The molecule has 1 aromatic carbocycles. The first-order chi connectivity index (χ1) is 10.1. The minimum atomic E-state index is -0.304. The van der Waals surface area contributed by atoms with Crippen molar-refractivity contribution >= 4 is 11.0 Å². The van der Waals surface area contributed by atoms with Crippen LogP contribution in [0.3, 0.4) is 0 Å². The maximum absolute atomic E-state index is 11.9. The maximum Gasteiger partial charge on any atom is 0.339 e. The number of rotatable bonds is 2.